The van der Waals surface area contributed by atoms with Crippen LogP contribution in [0.25, 0.3) is 0 Å². The summed E-state index contributed by atoms with van der Waals surface area (Å²) in [5, 5.41) is 2.66. The summed E-state index contributed by atoms with van der Waals surface area (Å²) in [6.45, 7) is 8.00. The molecule has 0 fully saturated rings. The minimum Gasteiger partial charge on any atom is -0.449 e. The molecule has 0 rings (SSSR count). The first-order valence-corrected chi connectivity index (χ1v) is 7.73. The maximum Gasteiger partial charge on any atom is 0.407 e. The summed E-state index contributed by atoms with van der Waals surface area (Å²) in [5.41, 5.74) is 0. The van der Waals surface area contributed by atoms with Gasteiger partial charge < -0.3 is 10.1 Å². The first kappa shape index (κ1) is 17.3. The molecule has 18 heavy (non-hydrogen) atoms. The van der Waals surface area contributed by atoms with Crippen molar-refractivity contribution in [3.05, 3.63) is 0 Å². The second-order valence-corrected chi connectivity index (χ2v) is 6.01. The van der Waals surface area contributed by atoms with Crippen LogP contribution in [-0.2, 0) is 9.53 Å². The Kier molecular flexibility index (Phi) is 8.89. The Labute approximate surface area is 114 Å². The lowest BCUT2D eigenvalue weighted by Gasteiger charge is -2.19. The van der Waals surface area contributed by atoms with Crippen LogP contribution >= 0.6 is 11.8 Å². The maximum atomic E-state index is 11.9. The summed E-state index contributed by atoms with van der Waals surface area (Å²) < 4.78 is 5.03. The Morgan fingerprint density at radius 2 is 1.83 bits per heavy atom. The molecule has 0 aromatic heterocycles. The fourth-order valence-electron chi connectivity index (χ4n) is 1.35. The minimum absolute atomic E-state index is 0.0607. The molecule has 0 aliphatic carbocycles. The van der Waals surface area contributed by atoms with E-state index in [-0.39, 0.29) is 11.7 Å². The molecule has 0 aliphatic rings. The number of ketones is 1. The van der Waals surface area contributed by atoms with E-state index in [2.05, 4.69) is 5.32 Å². The van der Waals surface area contributed by atoms with E-state index in [0.717, 1.165) is 5.75 Å². The van der Waals surface area contributed by atoms with Crippen molar-refractivity contribution in [1.29, 1.82) is 0 Å². The first-order chi connectivity index (χ1) is 8.38. The van der Waals surface area contributed by atoms with Gasteiger partial charge in [0.2, 0.25) is 0 Å². The molecule has 1 unspecified atom stereocenters. The van der Waals surface area contributed by atoms with Crippen LogP contribution in [0.2, 0.25) is 0 Å². The Bertz CT molecular complexity index is 267. The van der Waals surface area contributed by atoms with Crippen molar-refractivity contribution in [2.75, 3.05) is 18.6 Å². The van der Waals surface area contributed by atoms with E-state index < -0.39 is 12.1 Å². The molecule has 0 heterocycles. The number of amides is 1. The normalized spacial score (nSPS) is 12.6. The van der Waals surface area contributed by atoms with E-state index >= 15 is 0 Å². The Balaban J connectivity index is 4.30. The van der Waals surface area contributed by atoms with Crippen molar-refractivity contribution < 1.29 is 14.3 Å². The van der Waals surface area contributed by atoms with E-state index in [1.54, 1.807) is 11.8 Å². The van der Waals surface area contributed by atoms with Crippen molar-refractivity contribution in [2.45, 2.75) is 40.2 Å². The molecular formula is C13H25NO3S. The highest BCUT2D eigenvalue weighted by molar-refractivity contribution is 7.98. The predicted molar refractivity (Wildman–Crippen MR) is 76.0 cm³/mol. The molecule has 0 radical (unpaired) electrons. The highest BCUT2D eigenvalue weighted by Gasteiger charge is 2.23. The van der Waals surface area contributed by atoms with E-state index in [0.29, 0.717) is 18.9 Å². The van der Waals surface area contributed by atoms with Crippen LogP contribution in [0, 0.1) is 11.8 Å². The third-order valence-corrected chi connectivity index (χ3v) is 3.01. The first-order valence-electron chi connectivity index (χ1n) is 6.34. The van der Waals surface area contributed by atoms with Gasteiger partial charge in [-0.05, 0) is 24.3 Å². The zero-order valence-electron chi connectivity index (χ0n) is 12.0. The van der Waals surface area contributed by atoms with Crippen LogP contribution in [0.5, 0.6) is 0 Å². The zero-order chi connectivity index (χ0) is 14.1. The smallest absolute Gasteiger partial charge is 0.407 e. The fraction of sp³-hybridized carbons (Fsp3) is 0.846. The van der Waals surface area contributed by atoms with E-state index in [1.807, 2.05) is 34.0 Å². The van der Waals surface area contributed by atoms with Crippen LogP contribution in [0.15, 0.2) is 0 Å². The molecular weight excluding hydrogens is 250 g/mol. The molecule has 1 atom stereocenters. The number of alkyl carbamates (subject to hydrolysis) is 1. The van der Waals surface area contributed by atoms with Crippen LogP contribution in [-0.4, -0.2) is 36.5 Å². The van der Waals surface area contributed by atoms with Crippen molar-refractivity contribution in [3.63, 3.8) is 0 Å². The number of thioether (sulfide) groups is 1. The van der Waals surface area contributed by atoms with Crippen molar-refractivity contribution in [2.24, 2.45) is 11.8 Å². The van der Waals surface area contributed by atoms with Crippen LogP contribution < -0.4 is 5.32 Å². The van der Waals surface area contributed by atoms with E-state index in [9.17, 15) is 9.59 Å². The number of carbonyl (C=O) groups is 2. The largest absolute Gasteiger partial charge is 0.449 e. The molecule has 0 saturated heterocycles. The van der Waals surface area contributed by atoms with Crippen LogP contribution in [0.4, 0.5) is 4.79 Å². The summed E-state index contributed by atoms with van der Waals surface area (Å²) in [6, 6.07) is -0.433. The zero-order valence-corrected chi connectivity index (χ0v) is 12.8. The molecule has 1 N–H and O–H groups in total. The van der Waals surface area contributed by atoms with E-state index in [1.165, 1.54) is 0 Å². The standard InChI is InChI=1S/C13H25NO3S/c1-9(2)8-17-13(16)14-11(6-7-18-5)12(15)10(3)4/h9-11H,6-8H2,1-5H3,(H,14,16). The number of rotatable bonds is 8. The minimum atomic E-state index is -0.496. The highest BCUT2D eigenvalue weighted by Crippen LogP contribution is 2.08. The van der Waals surface area contributed by atoms with Crippen LogP contribution in [0.1, 0.15) is 34.1 Å². The Morgan fingerprint density at radius 3 is 2.28 bits per heavy atom. The second kappa shape index (κ2) is 9.25. The van der Waals surface area contributed by atoms with Gasteiger partial charge in [-0.15, -0.1) is 0 Å². The van der Waals surface area contributed by atoms with Crippen molar-refractivity contribution >= 4 is 23.6 Å². The lowest BCUT2D eigenvalue weighted by Crippen LogP contribution is -2.43. The van der Waals surface area contributed by atoms with Gasteiger partial charge in [0.25, 0.3) is 0 Å². The van der Waals surface area contributed by atoms with Gasteiger partial charge in [0.15, 0.2) is 5.78 Å². The lowest BCUT2D eigenvalue weighted by atomic mass is 10.00. The SMILES string of the molecule is CSCCC(NC(=O)OCC(C)C)C(=O)C(C)C. The van der Waals surface area contributed by atoms with Gasteiger partial charge in [-0.2, -0.15) is 11.8 Å². The molecule has 0 aliphatic heterocycles. The quantitative estimate of drug-likeness (QED) is 0.740. The highest BCUT2D eigenvalue weighted by atomic mass is 32.2. The summed E-state index contributed by atoms with van der Waals surface area (Å²) >= 11 is 1.66. The molecule has 0 aromatic rings. The van der Waals surface area contributed by atoms with Gasteiger partial charge in [0, 0.05) is 5.92 Å². The van der Waals surface area contributed by atoms with Crippen LogP contribution in [0.3, 0.4) is 0 Å². The van der Waals surface area contributed by atoms with Crippen molar-refractivity contribution in [3.8, 4) is 0 Å². The van der Waals surface area contributed by atoms with Gasteiger partial charge in [0.05, 0.1) is 12.6 Å². The molecule has 0 aromatic carbocycles. The average Bonchev–Trinajstić information content (AvgIpc) is 2.30. The average molecular weight is 275 g/mol. The van der Waals surface area contributed by atoms with Crippen molar-refractivity contribution in [1.82, 2.24) is 5.32 Å². The lowest BCUT2D eigenvalue weighted by molar-refractivity contribution is -0.123. The fourth-order valence-corrected chi connectivity index (χ4v) is 1.82. The number of hydrogen-bond donors (Lipinski definition) is 1. The van der Waals surface area contributed by atoms with E-state index in [4.69, 9.17) is 4.74 Å². The van der Waals surface area contributed by atoms with Gasteiger partial charge in [0.1, 0.15) is 0 Å². The molecule has 5 heteroatoms. The number of carbonyl (C=O) groups excluding carboxylic acids is 2. The molecule has 0 spiro atoms. The Hall–Kier alpha value is -0.710. The number of hydrogen-bond acceptors (Lipinski definition) is 4. The maximum absolute atomic E-state index is 11.9. The summed E-state index contributed by atoms with van der Waals surface area (Å²) in [4.78, 5) is 23.5. The Morgan fingerprint density at radius 1 is 1.22 bits per heavy atom. The third kappa shape index (κ3) is 7.58. The summed E-state index contributed by atoms with van der Waals surface area (Å²) in [6.07, 6.45) is 2.13. The van der Waals surface area contributed by atoms with Gasteiger partial charge in [-0.25, -0.2) is 4.79 Å². The third-order valence-electron chi connectivity index (χ3n) is 2.36. The van der Waals surface area contributed by atoms with Gasteiger partial charge in [-0.3, -0.25) is 4.79 Å². The molecule has 1 amide bonds. The second-order valence-electron chi connectivity index (χ2n) is 5.03. The van der Waals surface area contributed by atoms with Gasteiger partial charge >= 0.3 is 6.09 Å². The summed E-state index contributed by atoms with van der Waals surface area (Å²) in [5.74, 6) is 1.11. The molecule has 0 bridgehead atoms. The topological polar surface area (TPSA) is 55.4 Å². The summed E-state index contributed by atoms with van der Waals surface area (Å²) in [7, 11) is 0. The number of nitrogens with one attached hydrogen (secondary N) is 1. The van der Waals surface area contributed by atoms with Gasteiger partial charge in [-0.1, -0.05) is 27.7 Å². The number of Topliss-reactive ketones (excluding diaryl/α,β-unsaturated/α-hetero) is 1. The number of ether oxygens (including phenoxy) is 1. The molecule has 106 valence electrons. The molecule has 0 saturated carbocycles. The predicted octanol–water partition coefficient (Wildman–Crippen LogP) is 2.72. The monoisotopic (exact) mass is 275 g/mol. The molecule has 4 nitrogen and oxygen atoms in total.